The second-order valence-electron chi connectivity index (χ2n) is 6.06. The van der Waals surface area contributed by atoms with Crippen molar-refractivity contribution >= 4 is 6.08 Å². The van der Waals surface area contributed by atoms with Crippen LogP contribution in [0.4, 0.5) is 0 Å². The van der Waals surface area contributed by atoms with Crippen molar-refractivity contribution in [2.75, 3.05) is 0 Å². The second-order valence-corrected chi connectivity index (χ2v) is 6.06. The predicted molar refractivity (Wildman–Crippen MR) is 95.6 cm³/mol. The first kappa shape index (κ1) is 18.3. The van der Waals surface area contributed by atoms with Crippen LogP contribution in [0.5, 0.6) is 11.5 Å². The lowest BCUT2D eigenvalue weighted by Crippen LogP contribution is -2.31. The van der Waals surface area contributed by atoms with Crippen LogP contribution in [-0.2, 0) is 6.42 Å². The SMILES string of the molecule is C=CCCC1(C)C=Cc2c(O)cc(CCC)cc2O1.CCC. The first-order valence-corrected chi connectivity index (χ1v) is 8.34. The molecule has 0 aromatic heterocycles. The minimum Gasteiger partial charge on any atom is -0.507 e. The van der Waals surface area contributed by atoms with Crippen LogP contribution in [0, 0.1) is 0 Å². The highest BCUT2D eigenvalue weighted by molar-refractivity contribution is 5.67. The molecular weight excluding hydrogens is 272 g/mol. The summed E-state index contributed by atoms with van der Waals surface area (Å²) in [5.74, 6) is 1.10. The summed E-state index contributed by atoms with van der Waals surface area (Å²) >= 11 is 0. The van der Waals surface area contributed by atoms with Crippen molar-refractivity contribution in [3.63, 3.8) is 0 Å². The Morgan fingerprint density at radius 3 is 2.55 bits per heavy atom. The summed E-state index contributed by atoms with van der Waals surface area (Å²) in [5.41, 5.74) is 1.61. The fourth-order valence-electron chi connectivity index (χ4n) is 2.42. The number of ether oxygens (including phenoxy) is 1. The van der Waals surface area contributed by atoms with Gasteiger partial charge in [0.05, 0.1) is 5.56 Å². The standard InChI is InChI=1S/C17H22O2.C3H8/c1-4-6-9-17(3)10-8-14-15(18)11-13(7-5-2)12-16(14)19-17;1-3-2/h4,8,10-12,18H,1,5-7,9H2,2-3H3;3H2,1-2H3. The molecule has 2 rings (SSSR count). The molecule has 0 bridgehead atoms. The van der Waals surface area contributed by atoms with Gasteiger partial charge in [0.1, 0.15) is 17.1 Å². The van der Waals surface area contributed by atoms with Crippen LogP contribution in [0.1, 0.15) is 64.5 Å². The number of phenolic OH excluding ortho intramolecular Hbond substituents is 1. The van der Waals surface area contributed by atoms with Gasteiger partial charge in [-0.1, -0.05) is 39.7 Å². The Hall–Kier alpha value is -1.70. The molecule has 2 nitrogen and oxygen atoms in total. The topological polar surface area (TPSA) is 29.5 Å². The van der Waals surface area contributed by atoms with Crippen LogP contribution in [0.25, 0.3) is 6.08 Å². The van der Waals surface area contributed by atoms with Crippen molar-refractivity contribution in [3.05, 3.63) is 42.0 Å². The molecule has 0 saturated carbocycles. The van der Waals surface area contributed by atoms with Crippen LogP contribution in [-0.4, -0.2) is 10.7 Å². The molecule has 2 heteroatoms. The molecule has 1 aromatic rings. The summed E-state index contributed by atoms with van der Waals surface area (Å²) in [6, 6.07) is 3.89. The minimum atomic E-state index is -0.307. The highest BCUT2D eigenvalue weighted by atomic mass is 16.5. The third-order valence-corrected chi connectivity index (χ3v) is 3.51. The van der Waals surface area contributed by atoms with Gasteiger partial charge in [-0.3, -0.25) is 0 Å². The second kappa shape index (κ2) is 8.67. The Balaban J connectivity index is 0.000000745. The lowest BCUT2D eigenvalue weighted by Gasteiger charge is -2.32. The molecule has 1 aromatic carbocycles. The predicted octanol–water partition coefficient (Wildman–Crippen LogP) is 5.89. The van der Waals surface area contributed by atoms with Gasteiger partial charge >= 0.3 is 0 Å². The van der Waals surface area contributed by atoms with E-state index >= 15 is 0 Å². The molecule has 0 radical (unpaired) electrons. The van der Waals surface area contributed by atoms with Crippen molar-refractivity contribution in [3.8, 4) is 11.5 Å². The van der Waals surface area contributed by atoms with Gasteiger partial charge in [-0.05, 0) is 56.0 Å². The smallest absolute Gasteiger partial charge is 0.131 e. The molecule has 122 valence electrons. The maximum Gasteiger partial charge on any atom is 0.131 e. The molecule has 0 saturated heterocycles. The summed E-state index contributed by atoms with van der Waals surface area (Å²) in [5, 5.41) is 10.1. The molecule has 1 heterocycles. The van der Waals surface area contributed by atoms with E-state index in [0.29, 0.717) is 5.75 Å². The highest BCUT2D eigenvalue weighted by Gasteiger charge is 2.27. The van der Waals surface area contributed by atoms with E-state index in [1.165, 1.54) is 6.42 Å². The minimum absolute atomic E-state index is 0.307. The van der Waals surface area contributed by atoms with Gasteiger partial charge in [0.15, 0.2) is 0 Å². The first-order valence-electron chi connectivity index (χ1n) is 8.34. The molecule has 0 amide bonds. The van der Waals surface area contributed by atoms with E-state index in [0.717, 1.165) is 42.6 Å². The summed E-state index contributed by atoms with van der Waals surface area (Å²) in [7, 11) is 0. The van der Waals surface area contributed by atoms with Crippen LogP contribution in [0.3, 0.4) is 0 Å². The van der Waals surface area contributed by atoms with Crippen molar-refractivity contribution in [1.82, 2.24) is 0 Å². The molecule has 1 unspecified atom stereocenters. The maximum absolute atomic E-state index is 10.1. The monoisotopic (exact) mass is 302 g/mol. The fourth-order valence-corrected chi connectivity index (χ4v) is 2.42. The Morgan fingerprint density at radius 2 is 1.95 bits per heavy atom. The third kappa shape index (κ3) is 4.94. The van der Waals surface area contributed by atoms with Crippen molar-refractivity contribution in [2.24, 2.45) is 0 Å². The Labute approximate surface area is 135 Å². The molecule has 0 aliphatic carbocycles. The Morgan fingerprint density at radius 1 is 1.27 bits per heavy atom. The average molecular weight is 302 g/mol. The largest absolute Gasteiger partial charge is 0.507 e. The lowest BCUT2D eigenvalue weighted by atomic mass is 9.94. The van der Waals surface area contributed by atoms with Crippen LogP contribution in [0.2, 0.25) is 0 Å². The number of hydrogen-bond acceptors (Lipinski definition) is 2. The zero-order valence-corrected chi connectivity index (χ0v) is 14.5. The lowest BCUT2D eigenvalue weighted by molar-refractivity contribution is 0.128. The summed E-state index contributed by atoms with van der Waals surface area (Å²) in [6.45, 7) is 12.2. The number of benzene rings is 1. The molecular formula is C20H30O2. The molecule has 1 N–H and O–H groups in total. The van der Waals surface area contributed by atoms with Gasteiger partial charge in [0, 0.05) is 0 Å². The fraction of sp³-hybridized carbons (Fsp3) is 0.500. The Kier molecular flexibility index (Phi) is 7.23. The third-order valence-electron chi connectivity index (χ3n) is 3.51. The van der Waals surface area contributed by atoms with Crippen LogP contribution >= 0.6 is 0 Å². The number of hydrogen-bond donors (Lipinski definition) is 1. The molecule has 1 atom stereocenters. The number of fused-ring (bicyclic) bond motifs is 1. The van der Waals surface area contributed by atoms with E-state index in [4.69, 9.17) is 4.74 Å². The normalized spacial score (nSPS) is 18.7. The maximum atomic E-state index is 10.1. The van der Waals surface area contributed by atoms with Gasteiger partial charge in [0.25, 0.3) is 0 Å². The Bertz CT molecular complexity index is 517. The van der Waals surface area contributed by atoms with Crippen LogP contribution < -0.4 is 4.74 Å². The first-order chi connectivity index (χ1) is 10.5. The van der Waals surface area contributed by atoms with Gasteiger partial charge < -0.3 is 9.84 Å². The highest BCUT2D eigenvalue weighted by Crippen LogP contribution is 2.39. The zero-order valence-electron chi connectivity index (χ0n) is 14.5. The zero-order chi connectivity index (χ0) is 16.6. The van der Waals surface area contributed by atoms with Gasteiger partial charge in [-0.2, -0.15) is 0 Å². The summed E-state index contributed by atoms with van der Waals surface area (Å²) in [6.07, 6.45) is 11.0. The van der Waals surface area contributed by atoms with E-state index in [1.807, 2.05) is 30.4 Å². The molecule has 1 aliphatic heterocycles. The number of rotatable bonds is 5. The molecule has 0 spiro atoms. The number of allylic oxidation sites excluding steroid dienone is 1. The van der Waals surface area contributed by atoms with Gasteiger partial charge in [0.2, 0.25) is 0 Å². The molecule has 22 heavy (non-hydrogen) atoms. The van der Waals surface area contributed by atoms with Crippen molar-refractivity contribution in [2.45, 2.75) is 65.4 Å². The van der Waals surface area contributed by atoms with E-state index in [2.05, 4.69) is 34.3 Å². The number of phenols is 1. The van der Waals surface area contributed by atoms with E-state index < -0.39 is 0 Å². The number of aromatic hydroxyl groups is 1. The van der Waals surface area contributed by atoms with Crippen molar-refractivity contribution < 1.29 is 9.84 Å². The summed E-state index contributed by atoms with van der Waals surface area (Å²) < 4.78 is 6.09. The molecule has 0 fully saturated rings. The van der Waals surface area contributed by atoms with E-state index in [-0.39, 0.29) is 5.60 Å². The van der Waals surface area contributed by atoms with E-state index in [9.17, 15) is 5.11 Å². The number of aryl methyl sites for hydroxylation is 1. The van der Waals surface area contributed by atoms with Gasteiger partial charge in [-0.15, -0.1) is 6.58 Å². The van der Waals surface area contributed by atoms with E-state index in [1.54, 1.807) is 0 Å². The van der Waals surface area contributed by atoms with Crippen molar-refractivity contribution in [1.29, 1.82) is 0 Å². The quantitative estimate of drug-likeness (QED) is 0.687. The van der Waals surface area contributed by atoms with Gasteiger partial charge in [-0.25, -0.2) is 0 Å². The van der Waals surface area contributed by atoms with Crippen LogP contribution in [0.15, 0.2) is 30.9 Å². The average Bonchev–Trinajstić information content (AvgIpc) is 2.46. The molecule has 1 aliphatic rings. The summed E-state index contributed by atoms with van der Waals surface area (Å²) in [4.78, 5) is 0.